The number of benzene rings is 9. The number of fused-ring (bicyclic) bond motifs is 7. The van der Waals surface area contributed by atoms with Crippen LogP contribution in [0, 0.1) is 0 Å². The summed E-state index contributed by atoms with van der Waals surface area (Å²) >= 11 is 0. The van der Waals surface area contributed by atoms with Crippen LogP contribution in [0.4, 0.5) is 17.1 Å². The van der Waals surface area contributed by atoms with Crippen LogP contribution in [0.25, 0.3) is 88.3 Å². The van der Waals surface area contributed by atoms with E-state index in [1.54, 1.807) is 0 Å². The fourth-order valence-electron chi connectivity index (χ4n) is 7.94. The molecular weight excluding hydrogens is 673 g/mol. The van der Waals surface area contributed by atoms with E-state index in [-0.39, 0.29) is 0 Å². The minimum absolute atomic E-state index is 0.570. The quantitative estimate of drug-likeness (QED) is 0.173. The lowest BCUT2D eigenvalue weighted by Gasteiger charge is -2.27. The van der Waals surface area contributed by atoms with Crippen molar-refractivity contribution in [2.24, 2.45) is 0 Å². The molecule has 0 bridgehead atoms. The Morgan fingerprint density at radius 2 is 1.02 bits per heavy atom. The molecule has 0 radical (unpaired) electrons. The summed E-state index contributed by atoms with van der Waals surface area (Å²) in [6.07, 6.45) is 0. The summed E-state index contributed by atoms with van der Waals surface area (Å²) in [6, 6.07) is 68.3. The van der Waals surface area contributed by atoms with Crippen LogP contribution in [-0.2, 0) is 0 Å². The first kappa shape index (κ1) is 31.1. The SMILES string of the molecule is c1ccc(-c2ccc(N(c3ccc4cc(-c5ccccc5)ccc4c3)c3cc4ccccc4c4oc5cc(-c6nc7ccccc7o6)ccc5c34)cc2)cc1. The van der Waals surface area contributed by atoms with Crippen molar-refractivity contribution >= 4 is 71.6 Å². The molecule has 0 unspecified atom stereocenters. The average molecular weight is 705 g/mol. The van der Waals surface area contributed by atoms with Gasteiger partial charge in [-0.3, -0.25) is 0 Å². The Morgan fingerprint density at radius 1 is 0.382 bits per heavy atom. The zero-order chi connectivity index (χ0) is 36.3. The molecular formula is C51H32N2O2. The Bertz CT molecular complexity index is 3170. The van der Waals surface area contributed by atoms with Crippen LogP contribution in [0.2, 0.25) is 0 Å². The van der Waals surface area contributed by atoms with Gasteiger partial charge in [0.15, 0.2) is 5.58 Å². The number of hydrogen-bond acceptors (Lipinski definition) is 4. The molecule has 11 rings (SSSR count). The molecule has 0 saturated heterocycles. The third kappa shape index (κ3) is 5.34. The lowest BCUT2D eigenvalue weighted by Crippen LogP contribution is -2.10. The number of nitrogens with zero attached hydrogens (tertiary/aromatic N) is 2. The van der Waals surface area contributed by atoms with Gasteiger partial charge in [0.1, 0.15) is 16.7 Å². The molecule has 0 spiro atoms. The molecule has 0 saturated carbocycles. The maximum atomic E-state index is 6.87. The van der Waals surface area contributed by atoms with E-state index >= 15 is 0 Å². The predicted molar refractivity (Wildman–Crippen MR) is 227 cm³/mol. The minimum atomic E-state index is 0.570. The summed E-state index contributed by atoms with van der Waals surface area (Å²) in [4.78, 5) is 7.15. The van der Waals surface area contributed by atoms with Crippen molar-refractivity contribution in [1.82, 2.24) is 4.98 Å². The molecule has 0 aliphatic heterocycles. The third-order valence-corrected chi connectivity index (χ3v) is 10.6. The van der Waals surface area contributed by atoms with Crippen molar-refractivity contribution in [3.63, 3.8) is 0 Å². The summed E-state index contributed by atoms with van der Waals surface area (Å²) in [5.41, 5.74) is 12.0. The van der Waals surface area contributed by atoms with E-state index in [0.29, 0.717) is 5.89 Å². The van der Waals surface area contributed by atoms with Crippen molar-refractivity contribution in [2.45, 2.75) is 0 Å². The molecule has 11 aromatic rings. The molecule has 0 amide bonds. The van der Waals surface area contributed by atoms with E-state index in [1.807, 2.05) is 24.3 Å². The van der Waals surface area contributed by atoms with Crippen LogP contribution in [0.15, 0.2) is 203 Å². The fraction of sp³-hybridized carbons (Fsp3) is 0. The number of rotatable bonds is 6. The van der Waals surface area contributed by atoms with E-state index < -0.39 is 0 Å². The molecule has 4 heteroatoms. The second-order valence-corrected chi connectivity index (χ2v) is 14.0. The van der Waals surface area contributed by atoms with Crippen LogP contribution in [0.5, 0.6) is 0 Å². The molecule has 2 heterocycles. The highest BCUT2D eigenvalue weighted by Crippen LogP contribution is 2.47. The number of aromatic nitrogens is 1. The second kappa shape index (κ2) is 12.6. The summed E-state index contributed by atoms with van der Waals surface area (Å²) < 4.78 is 13.0. The monoisotopic (exact) mass is 704 g/mol. The van der Waals surface area contributed by atoms with Gasteiger partial charge in [-0.25, -0.2) is 4.98 Å². The lowest BCUT2D eigenvalue weighted by atomic mass is 9.99. The minimum Gasteiger partial charge on any atom is -0.455 e. The van der Waals surface area contributed by atoms with E-state index in [4.69, 9.17) is 13.8 Å². The zero-order valence-electron chi connectivity index (χ0n) is 29.7. The first-order chi connectivity index (χ1) is 27.2. The molecule has 0 fully saturated rings. The predicted octanol–water partition coefficient (Wildman–Crippen LogP) is 14.5. The fourth-order valence-corrected chi connectivity index (χ4v) is 7.94. The maximum Gasteiger partial charge on any atom is 0.227 e. The average Bonchev–Trinajstić information content (AvgIpc) is 3.87. The normalized spacial score (nSPS) is 11.6. The Balaban J connectivity index is 1.13. The number of anilines is 3. The van der Waals surface area contributed by atoms with E-state index in [9.17, 15) is 0 Å². The highest BCUT2D eigenvalue weighted by Gasteiger charge is 2.23. The summed E-state index contributed by atoms with van der Waals surface area (Å²) in [5, 5.41) is 6.59. The Labute approximate surface area is 317 Å². The van der Waals surface area contributed by atoms with Gasteiger partial charge in [0.05, 0.1) is 11.1 Å². The van der Waals surface area contributed by atoms with Crippen LogP contribution in [-0.4, -0.2) is 4.98 Å². The lowest BCUT2D eigenvalue weighted by molar-refractivity contribution is 0.619. The first-order valence-electron chi connectivity index (χ1n) is 18.5. The van der Waals surface area contributed by atoms with Gasteiger partial charge in [0, 0.05) is 27.7 Å². The smallest absolute Gasteiger partial charge is 0.227 e. The number of hydrogen-bond donors (Lipinski definition) is 0. The van der Waals surface area contributed by atoms with Crippen LogP contribution < -0.4 is 4.90 Å². The van der Waals surface area contributed by atoms with E-state index in [0.717, 1.165) is 66.4 Å². The number of oxazole rings is 1. The van der Waals surface area contributed by atoms with E-state index in [1.165, 1.54) is 33.0 Å². The number of furan rings is 1. The largest absolute Gasteiger partial charge is 0.455 e. The van der Waals surface area contributed by atoms with Gasteiger partial charge in [-0.2, -0.15) is 0 Å². The van der Waals surface area contributed by atoms with Gasteiger partial charge in [-0.05, 0) is 105 Å². The molecule has 0 aliphatic carbocycles. The zero-order valence-corrected chi connectivity index (χ0v) is 29.7. The molecule has 0 aliphatic rings. The molecule has 2 aromatic heterocycles. The summed E-state index contributed by atoms with van der Waals surface area (Å²) in [7, 11) is 0. The van der Waals surface area contributed by atoms with Crippen LogP contribution >= 0.6 is 0 Å². The summed E-state index contributed by atoms with van der Waals surface area (Å²) in [5.74, 6) is 0.570. The highest BCUT2D eigenvalue weighted by molar-refractivity contribution is 6.22. The maximum absolute atomic E-state index is 6.87. The van der Waals surface area contributed by atoms with Crippen LogP contribution in [0.1, 0.15) is 0 Å². The Kier molecular flexibility index (Phi) is 7.14. The van der Waals surface area contributed by atoms with Crippen LogP contribution in [0.3, 0.4) is 0 Å². The van der Waals surface area contributed by atoms with Gasteiger partial charge in [0.2, 0.25) is 5.89 Å². The molecule has 4 nitrogen and oxygen atoms in total. The van der Waals surface area contributed by atoms with Gasteiger partial charge < -0.3 is 13.7 Å². The van der Waals surface area contributed by atoms with Gasteiger partial charge in [0.25, 0.3) is 0 Å². The molecule has 258 valence electrons. The van der Waals surface area contributed by atoms with Gasteiger partial charge >= 0.3 is 0 Å². The Morgan fingerprint density at radius 3 is 1.84 bits per heavy atom. The standard InChI is InChI=1S/C51H32N2O2/c1-3-11-33(12-4-1)35-21-25-41(26-22-35)53(42-27-23-37-29-36(19-20-38(37)30-42)34-13-5-2-6-14-34)46-31-39-15-7-8-16-43(39)50-49(46)44-28-24-40(32-48(44)54-50)51-52-45-17-9-10-18-47(45)55-51/h1-32H. The van der Waals surface area contributed by atoms with Gasteiger partial charge in [-0.1, -0.05) is 127 Å². The van der Waals surface area contributed by atoms with Gasteiger partial charge in [-0.15, -0.1) is 0 Å². The first-order valence-corrected chi connectivity index (χ1v) is 18.5. The molecule has 9 aromatic carbocycles. The second-order valence-electron chi connectivity index (χ2n) is 14.0. The molecule has 55 heavy (non-hydrogen) atoms. The molecule has 0 N–H and O–H groups in total. The number of para-hydroxylation sites is 2. The molecule has 0 atom stereocenters. The van der Waals surface area contributed by atoms with E-state index in [2.05, 4.69) is 175 Å². The summed E-state index contributed by atoms with van der Waals surface area (Å²) in [6.45, 7) is 0. The van der Waals surface area contributed by atoms with Crippen molar-refractivity contribution < 1.29 is 8.83 Å². The topological polar surface area (TPSA) is 42.4 Å². The van der Waals surface area contributed by atoms with Crippen molar-refractivity contribution in [2.75, 3.05) is 4.90 Å². The third-order valence-electron chi connectivity index (χ3n) is 10.6. The van der Waals surface area contributed by atoms with Crippen molar-refractivity contribution in [1.29, 1.82) is 0 Å². The van der Waals surface area contributed by atoms with Crippen molar-refractivity contribution in [3.8, 4) is 33.7 Å². The Hall–Kier alpha value is -7.43. The van der Waals surface area contributed by atoms with Crippen molar-refractivity contribution in [3.05, 3.63) is 194 Å². The highest BCUT2D eigenvalue weighted by atomic mass is 16.3.